The molecule has 0 saturated carbocycles. The standard InChI is InChI=1S/C13H18N4O3S/c1-13(2,17-21(3,19)20)8-14-12(18)11-9-6-4-5-7-10(9)15-16-11/h4-7,17H,8H2,1-3H3,(H,14,18)(H,15,16). The van der Waals surface area contributed by atoms with Crippen molar-refractivity contribution >= 4 is 26.8 Å². The average molecular weight is 310 g/mol. The SMILES string of the molecule is CC(C)(CNC(=O)c1n[nH]c2ccccc12)NS(C)(=O)=O. The topological polar surface area (TPSA) is 104 Å². The van der Waals surface area contributed by atoms with Crippen LogP contribution in [0.5, 0.6) is 0 Å². The lowest BCUT2D eigenvalue weighted by atomic mass is 10.1. The highest BCUT2D eigenvalue weighted by atomic mass is 32.2. The fourth-order valence-electron chi connectivity index (χ4n) is 2.06. The summed E-state index contributed by atoms with van der Waals surface area (Å²) in [5.74, 6) is -0.351. The fourth-order valence-corrected chi connectivity index (χ4v) is 3.14. The third-order valence-corrected chi connectivity index (χ3v) is 3.76. The Morgan fingerprint density at radius 1 is 1.33 bits per heavy atom. The smallest absolute Gasteiger partial charge is 0.272 e. The Hall–Kier alpha value is -1.93. The summed E-state index contributed by atoms with van der Waals surface area (Å²) < 4.78 is 25.0. The van der Waals surface area contributed by atoms with Crippen LogP contribution >= 0.6 is 0 Å². The van der Waals surface area contributed by atoms with E-state index in [1.165, 1.54) is 0 Å². The molecule has 3 N–H and O–H groups in total. The minimum atomic E-state index is -3.34. The van der Waals surface area contributed by atoms with Crippen LogP contribution in [0.15, 0.2) is 24.3 Å². The summed E-state index contributed by atoms with van der Waals surface area (Å²) in [5.41, 5.74) is 0.284. The molecule has 0 aliphatic rings. The molecule has 114 valence electrons. The van der Waals surface area contributed by atoms with Crippen molar-refractivity contribution in [1.29, 1.82) is 0 Å². The molecule has 1 aromatic heterocycles. The van der Waals surface area contributed by atoms with Gasteiger partial charge in [0, 0.05) is 17.5 Å². The zero-order valence-electron chi connectivity index (χ0n) is 12.1. The molecule has 0 bridgehead atoms. The first-order valence-electron chi connectivity index (χ1n) is 6.38. The molecule has 1 heterocycles. The zero-order chi connectivity index (χ0) is 15.7. The van der Waals surface area contributed by atoms with Gasteiger partial charge in [0.15, 0.2) is 5.69 Å². The van der Waals surface area contributed by atoms with Crippen LogP contribution in [0.1, 0.15) is 24.3 Å². The van der Waals surface area contributed by atoms with Crippen LogP contribution in [-0.4, -0.2) is 42.9 Å². The normalized spacial score (nSPS) is 12.5. The van der Waals surface area contributed by atoms with Gasteiger partial charge in [-0.05, 0) is 19.9 Å². The van der Waals surface area contributed by atoms with Crippen LogP contribution in [0.3, 0.4) is 0 Å². The molecular formula is C13H18N4O3S. The van der Waals surface area contributed by atoms with Crippen molar-refractivity contribution in [2.24, 2.45) is 0 Å². The number of fused-ring (bicyclic) bond motifs is 1. The second kappa shape index (κ2) is 5.45. The molecule has 0 saturated heterocycles. The fraction of sp³-hybridized carbons (Fsp3) is 0.385. The number of aromatic amines is 1. The van der Waals surface area contributed by atoms with E-state index >= 15 is 0 Å². The highest BCUT2D eigenvalue weighted by Gasteiger charge is 2.24. The first-order valence-corrected chi connectivity index (χ1v) is 8.27. The summed E-state index contributed by atoms with van der Waals surface area (Å²) in [4.78, 5) is 12.2. The first kappa shape index (κ1) is 15.5. The van der Waals surface area contributed by atoms with Crippen LogP contribution in [0.2, 0.25) is 0 Å². The highest BCUT2D eigenvalue weighted by molar-refractivity contribution is 7.88. The third kappa shape index (κ3) is 4.02. The number of hydrogen-bond acceptors (Lipinski definition) is 4. The largest absolute Gasteiger partial charge is 0.349 e. The lowest BCUT2D eigenvalue weighted by molar-refractivity contribution is 0.0941. The Morgan fingerprint density at radius 2 is 2.00 bits per heavy atom. The van der Waals surface area contributed by atoms with Gasteiger partial charge in [-0.25, -0.2) is 13.1 Å². The average Bonchev–Trinajstić information content (AvgIpc) is 2.77. The van der Waals surface area contributed by atoms with Crippen molar-refractivity contribution in [2.45, 2.75) is 19.4 Å². The van der Waals surface area contributed by atoms with Gasteiger partial charge in [-0.1, -0.05) is 18.2 Å². The number of benzene rings is 1. The van der Waals surface area contributed by atoms with Crippen molar-refractivity contribution in [3.8, 4) is 0 Å². The number of aromatic nitrogens is 2. The molecule has 0 unspecified atom stereocenters. The Morgan fingerprint density at radius 3 is 2.67 bits per heavy atom. The number of carbonyl (C=O) groups is 1. The van der Waals surface area contributed by atoms with E-state index in [1.54, 1.807) is 19.9 Å². The lowest BCUT2D eigenvalue weighted by Gasteiger charge is -2.25. The number of H-pyrrole nitrogens is 1. The maximum atomic E-state index is 12.2. The van der Waals surface area contributed by atoms with Gasteiger partial charge in [0.2, 0.25) is 10.0 Å². The van der Waals surface area contributed by atoms with E-state index in [9.17, 15) is 13.2 Å². The quantitative estimate of drug-likeness (QED) is 0.753. The second-order valence-electron chi connectivity index (χ2n) is 5.56. The number of sulfonamides is 1. The molecule has 2 rings (SSSR count). The van der Waals surface area contributed by atoms with Crippen LogP contribution in [-0.2, 0) is 10.0 Å². The summed E-state index contributed by atoms with van der Waals surface area (Å²) in [6.45, 7) is 3.54. The Bertz CT molecular complexity index is 765. The number of para-hydroxylation sites is 1. The minimum Gasteiger partial charge on any atom is -0.349 e. The summed E-state index contributed by atoms with van der Waals surface area (Å²) in [5, 5.41) is 10.2. The van der Waals surface area contributed by atoms with Gasteiger partial charge in [0.05, 0.1) is 11.8 Å². The van der Waals surface area contributed by atoms with E-state index in [2.05, 4.69) is 20.2 Å². The molecule has 0 atom stereocenters. The van der Waals surface area contributed by atoms with Crippen molar-refractivity contribution < 1.29 is 13.2 Å². The Kier molecular flexibility index (Phi) is 4.02. The molecule has 0 radical (unpaired) electrons. The number of nitrogens with one attached hydrogen (secondary N) is 3. The van der Waals surface area contributed by atoms with Gasteiger partial charge in [0.1, 0.15) is 0 Å². The predicted molar refractivity (Wildman–Crippen MR) is 80.5 cm³/mol. The molecule has 1 aromatic carbocycles. The summed E-state index contributed by atoms with van der Waals surface area (Å²) in [6, 6.07) is 7.30. The van der Waals surface area contributed by atoms with Gasteiger partial charge in [-0.15, -0.1) is 0 Å². The van der Waals surface area contributed by atoms with Crippen LogP contribution in [0.25, 0.3) is 10.9 Å². The molecule has 0 aliphatic heterocycles. The molecule has 8 heteroatoms. The molecule has 0 aliphatic carbocycles. The van der Waals surface area contributed by atoms with Gasteiger partial charge < -0.3 is 5.32 Å². The van der Waals surface area contributed by atoms with Crippen molar-refractivity contribution in [2.75, 3.05) is 12.8 Å². The molecule has 7 nitrogen and oxygen atoms in total. The molecular weight excluding hydrogens is 292 g/mol. The monoisotopic (exact) mass is 310 g/mol. The number of carbonyl (C=O) groups excluding carboxylic acids is 1. The Labute approximate surface area is 123 Å². The number of rotatable bonds is 5. The van der Waals surface area contributed by atoms with E-state index in [4.69, 9.17) is 0 Å². The van der Waals surface area contributed by atoms with Crippen molar-refractivity contribution in [1.82, 2.24) is 20.2 Å². The van der Waals surface area contributed by atoms with E-state index in [0.717, 1.165) is 17.2 Å². The van der Waals surface area contributed by atoms with Crippen LogP contribution < -0.4 is 10.0 Å². The van der Waals surface area contributed by atoms with Crippen molar-refractivity contribution in [3.63, 3.8) is 0 Å². The molecule has 0 fully saturated rings. The maximum absolute atomic E-state index is 12.2. The molecule has 2 aromatic rings. The summed E-state index contributed by atoms with van der Waals surface area (Å²) >= 11 is 0. The second-order valence-corrected chi connectivity index (χ2v) is 7.31. The summed E-state index contributed by atoms with van der Waals surface area (Å²) in [6.07, 6.45) is 1.08. The highest BCUT2D eigenvalue weighted by Crippen LogP contribution is 2.15. The van der Waals surface area contributed by atoms with E-state index < -0.39 is 15.6 Å². The van der Waals surface area contributed by atoms with Gasteiger partial charge in [-0.3, -0.25) is 9.89 Å². The maximum Gasteiger partial charge on any atom is 0.272 e. The molecule has 21 heavy (non-hydrogen) atoms. The summed E-state index contributed by atoms with van der Waals surface area (Å²) in [7, 11) is -3.34. The zero-order valence-corrected chi connectivity index (χ0v) is 12.9. The number of hydrogen-bond donors (Lipinski definition) is 3. The first-order chi connectivity index (χ1) is 9.68. The number of nitrogens with zero attached hydrogens (tertiary/aromatic N) is 1. The Balaban J connectivity index is 2.09. The van der Waals surface area contributed by atoms with Gasteiger partial charge in [-0.2, -0.15) is 5.10 Å². The van der Waals surface area contributed by atoms with E-state index in [1.807, 2.05) is 18.2 Å². The lowest BCUT2D eigenvalue weighted by Crippen LogP contribution is -2.51. The van der Waals surface area contributed by atoms with Crippen molar-refractivity contribution in [3.05, 3.63) is 30.0 Å². The predicted octanol–water partition coefficient (Wildman–Crippen LogP) is 0.621. The van der Waals surface area contributed by atoms with E-state index in [-0.39, 0.29) is 12.5 Å². The molecule has 1 amide bonds. The minimum absolute atomic E-state index is 0.153. The van der Waals surface area contributed by atoms with Gasteiger partial charge in [0.25, 0.3) is 5.91 Å². The molecule has 0 spiro atoms. The van der Waals surface area contributed by atoms with Crippen LogP contribution in [0.4, 0.5) is 0 Å². The van der Waals surface area contributed by atoms with Gasteiger partial charge >= 0.3 is 0 Å². The van der Waals surface area contributed by atoms with Crippen LogP contribution in [0, 0.1) is 0 Å². The number of amides is 1. The third-order valence-electron chi connectivity index (χ3n) is 2.84. The van der Waals surface area contributed by atoms with E-state index in [0.29, 0.717) is 5.69 Å².